The minimum absolute atomic E-state index is 0. The minimum atomic E-state index is 0. The third kappa shape index (κ3) is 10.6. The van der Waals surface area contributed by atoms with Crippen LogP contribution < -0.4 is 24.8 Å². The van der Waals surface area contributed by atoms with Crippen LogP contribution in [0.5, 0.6) is 0 Å². The van der Waals surface area contributed by atoms with Gasteiger partial charge in [-0.2, -0.15) is 0 Å². The fourth-order valence-corrected chi connectivity index (χ4v) is 7.07. The number of fused-ring (bicyclic) bond motifs is 2. The molecule has 292 valence electrons. The number of benzene rings is 4. The average Bonchev–Trinajstić information content (AvgIpc) is 3.93. The SMILES string of the molecule is C[Si](C)=[Zr+2].[Cl-].[Cl-].c1ccc(-c2cc3c(-c4ccccn4)cc(-c4ccccn4)cc3[cH-]2)cc1.c1ccc(-c2cc3c(-c4ccccn4)cc(-c4ccccn4)cc3[cH-]2)cc1. The van der Waals surface area contributed by atoms with E-state index in [4.69, 9.17) is 0 Å². The van der Waals surface area contributed by atoms with Crippen molar-refractivity contribution in [2.24, 2.45) is 0 Å². The van der Waals surface area contributed by atoms with Gasteiger partial charge in [0.1, 0.15) is 0 Å². The molecule has 0 aliphatic rings. The summed E-state index contributed by atoms with van der Waals surface area (Å²) in [5, 5.41) is 4.84. The summed E-state index contributed by atoms with van der Waals surface area (Å²) in [6.07, 6.45) is 7.35. The van der Waals surface area contributed by atoms with Gasteiger partial charge < -0.3 is 24.8 Å². The van der Waals surface area contributed by atoms with Gasteiger partial charge >= 0.3 is 41.9 Å². The minimum Gasteiger partial charge on any atom is -1.00 e. The molecule has 0 radical (unpaired) electrons. The van der Waals surface area contributed by atoms with Crippen LogP contribution in [0.2, 0.25) is 13.1 Å². The van der Waals surface area contributed by atoms with E-state index in [1.165, 1.54) is 43.8 Å². The number of nitrogens with zero attached hydrogens (tertiary/aromatic N) is 4. The van der Waals surface area contributed by atoms with Crippen molar-refractivity contribution in [1.29, 1.82) is 0 Å². The van der Waals surface area contributed by atoms with E-state index in [9.17, 15) is 0 Å². The van der Waals surface area contributed by atoms with Gasteiger partial charge in [0.15, 0.2) is 0 Å². The van der Waals surface area contributed by atoms with Crippen LogP contribution in [0.25, 0.3) is 88.8 Å². The molecule has 6 aromatic carbocycles. The zero-order chi connectivity index (χ0) is 39.7. The van der Waals surface area contributed by atoms with E-state index in [-0.39, 0.29) is 30.2 Å². The first-order chi connectivity index (χ1) is 28.5. The van der Waals surface area contributed by atoms with E-state index in [1.54, 1.807) is 23.3 Å². The topological polar surface area (TPSA) is 51.6 Å². The Hall–Kier alpha value is -5.62. The monoisotopic (exact) mass is 908 g/mol. The van der Waals surface area contributed by atoms with Crippen LogP contribution in [-0.4, -0.2) is 25.4 Å². The van der Waals surface area contributed by atoms with Gasteiger partial charge in [-0.25, -0.2) is 0 Å². The molecular weight excluding hydrogens is 871 g/mol. The molecular formula is C52H40Cl2N4SiZr-2. The molecule has 4 heterocycles. The largest absolute Gasteiger partial charge is 1.00 e. The number of aromatic nitrogens is 4. The predicted molar refractivity (Wildman–Crippen MR) is 240 cm³/mol. The van der Waals surface area contributed by atoms with Crippen molar-refractivity contribution in [3.63, 3.8) is 0 Å². The van der Waals surface area contributed by atoms with Crippen molar-refractivity contribution in [3.8, 4) is 67.3 Å². The van der Waals surface area contributed by atoms with Gasteiger partial charge in [0.05, 0.1) is 22.8 Å². The maximum absolute atomic E-state index is 4.60. The van der Waals surface area contributed by atoms with Crippen LogP contribution in [0.4, 0.5) is 0 Å². The summed E-state index contributed by atoms with van der Waals surface area (Å²) in [7, 11) is 0. The van der Waals surface area contributed by atoms with E-state index in [2.05, 4.69) is 142 Å². The number of halogens is 2. The summed E-state index contributed by atoms with van der Waals surface area (Å²) in [6, 6.07) is 62.9. The molecule has 10 rings (SSSR count). The summed E-state index contributed by atoms with van der Waals surface area (Å²) in [6.45, 7) is 4.62. The number of rotatable bonds is 6. The van der Waals surface area contributed by atoms with Crippen LogP contribution in [-0.2, 0) is 23.3 Å². The molecule has 0 saturated heterocycles. The first-order valence-electron chi connectivity index (χ1n) is 19.3. The molecule has 0 N–H and O–H groups in total. The Labute approximate surface area is 379 Å². The second-order valence-corrected chi connectivity index (χ2v) is 23.5. The number of pyridine rings is 4. The van der Waals surface area contributed by atoms with Crippen molar-refractivity contribution < 1.29 is 48.1 Å². The van der Waals surface area contributed by atoms with Gasteiger partial charge in [0.2, 0.25) is 0 Å². The molecule has 4 nitrogen and oxygen atoms in total. The van der Waals surface area contributed by atoms with Crippen molar-refractivity contribution in [3.05, 3.63) is 207 Å². The van der Waals surface area contributed by atoms with Gasteiger partial charge in [-0.3, -0.25) is 19.9 Å². The number of hydrogen-bond acceptors (Lipinski definition) is 4. The van der Waals surface area contributed by atoms with E-state index < -0.39 is 0 Å². The molecule has 0 aliphatic carbocycles. The van der Waals surface area contributed by atoms with Gasteiger partial charge in [-0.1, -0.05) is 108 Å². The van der Waals surface area contributed by atoms with Crippen molar-refractivity contribution in [1.82, 2.24) is 19.9 Å². The number of hydrogen-bond donors (Lipinski definition) is 0. The van der Waals surface area contributed by atoms with Crippen LogP contribution in [0.3, 0.4) is 0 Å². The smallest absolute Gasteiger partial charge is 0.0627 e. The van der Waals surface area contributed by atoms with E-state index in [0.717, 1.165) is 45.0 Å². The Morgan fingerprint density at radius 2 is 0.700 bits per heavy atom. The second kappa shape index (κ2) is 21.1. The van der Waals surface area contributed by atoms with Crippen LogP contribution in [0.1, 0.15) is 0 Å². The zero-order valence-corrected chi connectivity index (χ0v) is 38.1. The Morgan fingerprint density at radius 3 is 1.02 bits per heavy atom. The Kier molecular flexibility index (Phi) is 15.4. The Balaban J connectivity index is 0.000000179. The van der Waals surface area contributed by atoms with Gasteiger partial charge in [0, 0.05) is 24.8 Å². The van der Waals surface area contributed by atoms with Crippen molar-refractivity contribution >= 4 is 27.0 Å². The second-order valence-electron chi connectivity index (χ2n) is 14.1. The predicted octanol–water partition coefficient (Wildman–Crippen LogP) is 7.49. The normalized spacial score (nSPS) is 10.3. The summed E-state index contributed by atoms with van der Waals surface area (Å²) < 4.78 is 0. The van der Waals surface area contributed by atoms with E-state index in [0.29, 0.717) is 0 Å². The standard InChI is InChI=1S/2C25H17N2.C2H6Si.2ClH.Zr/c2*1-2-8-18(9-3-1)19-14-20-15-21(24-10-4-6-12-26-24)17-23(22(20)16-19)25-11-5-7-13-27-25;1-3-2;;;/h2*1-17H;1-2H3;2*1H;/q2*-1;;;;+2/p-2. The fraction of sp³-hybridized carbons (Fsp3) is 0.0385. The summed E-state index contributed by atoms with van der Waals surface area (Å²) in [5.74, 6) is 0. The molecule has 8 heteroatoms. The quantitative estimate of drug-likeness (QED) is 0.128. The van der Waals surface area contributed by atoms with Crippen LogP contribution in [0, 0.1) is 0 Å². The summed E-state index contributed by atoms with van der Waals surface area (Å²) in [4.78, 5) is 18.3. The van der Waals surface area contributed by atoms with E-state index in [1.807, 2.05) is 97.6 Å². The maximum Gasteiger partial charge on any atom is 0.0627 e. The molecule has 0 amide bonds. The summed E-state index contributed by atoms with van der Waals surface area (Å²) >= 11 is 1.74. The van der Waals surface area contributed by atoms with Gasteiger partial charge in [-0.15, -0.1) is 69.1 Å². The third-order valence-electron chi connectivity index (χ3n) is 9.66. The summed E-state index contributed by atoms with van der Waals surface area (Å²) in [5.41, 5.74) is 13.5. The Morgan fingerprint density at radius 1 is 0.383 bits per heavy atom. The molecule has 0 atom stereocenters. The maximum atomic E-state index is 4.60. The third-order valence-corrected chi connectivity index (χ3v) is 9.66. The Bertz CT molecular complexity index is 2710. The van der Waals surface area contributed by atoms with Crippen LogP contribution >= 0.6 is 0 Å². The van der Waals surface area contributed by atoms with Gasteiger partial charge in [0.25, 0.3) is 0 Å². The molecule has 0 unspecified atom stereocenters. The molecule has 0 fully saturated rings. The molecule has 0 aliphatic heterocycles. The van der Waals surface area contributed by atoms with Crippen molar-refractivity contribution in [2.45, 2.75) is 13.1 Å². The van der Waals surface area contributed by atoms with Crippen LogP contribution in [0.15, 0.2) is 207 Å². The molecule has 0 saturated carbocycles. The average molecular weight is 911 g/mol. The molecule has 4 aromatic heterocycles. The van der Waals surface area contributed by atoms with Crippen molar-refractivity contribution in [2.75, 3.05) is 0 Å². The fourth-order valence-electron chi connectivity index (χ4n) is 7.07. The molecule has 60 heavy (non-hydrogen) atoms. The molecule has 0 bridgehead atoms. The first kappa shape index (κ1) is 43.9. The molecule has 0 spiro atoms. The first-order valence-corrected chi connectivity index (χ1v) is 25.5. The van der Waals surface area contributed by atoms with Gasteiger partial charge in [-0.05, 0) is 70.8 Å². The zero-order valence-electron chi connectivity index (χ0n) is 33.2. The molecule has 10 aromatic rings. The van der Waals surface area contributed by atoms with E-state index >= 15 is 0 Å².